The molecule has 6 nitrogen and oxygen atoms in total. The molecule has 0 atom stereocenters. The van der Waals surface area contributed by atoms with Crippen molar-refractivity contribution in [3.8, 4) is 0 Å². The lowest BCUT2D eigenvalue weighted by molar-refractivity contribution is -0.159. The Labute approximate surface area is 157 Å². The average molecular weight is 384 g/mol. The quantitative estimate of drug-likeness (QED) is 0.860. The third-order valence-electron chi connectivity index (χ3n) is 5.22. The first-order valence-electron chi connectivity index (χ1n) is 8.77. The van der Waals surface area contributed by atoms with Gasteiger partial charge in [0.2, 0.25) is 0 Å². The third-order valence-corrected chi connectivity index (χ3v) is 5.54. The van der Waals surface area contributed by atoms with Gasteiger partial charge < -0.3 is 19.9 Å². The highest BCUT2D eigenvalue weighted by Crippen LogP contribution is 2.26. The fraction of sp³-hybridized carbons (Fsp3) is 0.556. The second kappa shape index (κ2) is 7.90. The van der Waals surface area contributed by atoms with Crippen molar-refractivity contribution in [1.82, 2.24) is 15.1 Å². The molecule has 2 saturated heterocycles. The van der Waals surface area contributed by atoms with E-state index in [-0.39, 0.29) is 16.5 Å². The molecule has 0 spiro atoms. The molecule has 2 heterocycles. The molecule has 0 aromatic heterocycles. The standard InChI is InChI=1S/C18H23ClFN3O3/c1-26-18(5-7-21-8-6-18)17(25)23-11-9-22(10-12-23)16(24)15-13(19)3-2-4-14(15)20/h2-4,21H,5-12H2,1H3. The molecule has 1 aromatic carbocycles. The predicted octanol–water partition coefficient (Wildman–Crippen LogP) is 1.53. The molecule has 1 aromatic rings. The number of carbonyl (C=O) groups is 2. The number of methoxy groups -OCH3 is 1. The lowest BCUT2D eigenvalue weighted by Gasteiger charge is -2.42. The summed E-state index contributed by atoms with van der Waals surface area (Å²) in [5, 5.41) is 3.33. The number of piperidine rings is 1. The van der Waals surface area contributed by atoms with Gasteiger partial charge in [-0.1, -0.05) is 17.7 Å². The fourth-order valence-electron chi connectivity index (χ4n) is 3.60. The molecule has 2 aliphatic heterocycles. The maximum Gasteiger partial charge on any atom is 0.258 e. The van der Waals surface area contributed by atoms with Gasteiger partial charge in [0.1, 0.15) is 11.4 Å². The van der Waals surface area contributed by atoms with Gasteiger partial charge in [-0.05, 0) is 38.1 Å². The number of amides is 2. The number of nitrogens with zero attached hydrogens (tertiary/aromatic N) is 2. The second-order valence-corrected chi connectivity index (χ2v) is 7.04. The molecule has 142 valence electrons. The average Bonchev–Trinajstić information content (AvgIpc) is 2.68. The molecule has 2 fully saturated rings. The molecular formula is C18H23ClFN3O3. The number of nitrogens with one attached hydrogen (secondary N) is 1. The predicted molar refractivity (Wildman–Crippen MR) is 95.7 cm³/mol. The molecule has 2 amide bonds. The Bertz CT molecular complexity index is 666. The molecule has 3 rings (SSSR count). The Morgan fingerprint density at radius 3 is 2.35 bits per heavy atom. The fourth-order valence-corrected chi connectivity index (χ4v) is 3.84. The molecule has 8 heteroatoms. The number of halogens is 2. The highest BCUT2D eigenvalue weighted by Gasteiger charge is 2.43. The van der Waals surface area contributed by atoms with E-state index in [1.165, 1.54) is 23.1 Å². The van der Waals surface area contributed by atoms with Crippen molar-refractivity contribution in [2.24, 2.45) is 0 Å². The summed E-state index contributed by atoms with van der Waals surface area (Å²) < 4.78 is 19.6. The first-order chi connectivity index (χ1) is 12.5. The number of hydrogen-bond donors (Lipinski definition) is 1. The van der Waals surface area contributed by atoms with E-state index in [0.717, 1.165) is 13.1 Å². The summed E-state index contributed by atoms with van der Waals surface area (Å²) in [7, 11) is 1.57. The van der Waals surface area contributed by atoms with Crippen molar-refractivity contribution in [3.63, 3.8) is 0 Å². The van der Waals surface area contributed by atoms with Crippen LogP contribution in [0.4, 0.5) is 4.39 Å². The molecule has 0 aliphatic carbocycles. The van der Waals surface area contributed by atoms with Crippen molar-refractivity contribution < 1.29 is 18.7 Å². The van der Waals surface area contributed by atoms with Crippen LogP contribution in [0.2, 0.25) is 5.02 Å². The molecule has 0 saturated carbocycles. The van der Waals surface area contributed by atoms with Crippen LogP contribution >= 0.6 is 11.6 Å². The van der Waals surface area contributed by atoms with Crippen molar-refractivity contribution in [2.75, 3.05) is 46.4 Å². The summed E-state index contributed by atoms with van der Waals surface area (Å²) in [5.41, 5.74) is -0.896. The molecular weight excluding hydrogens is 361 g/mol. The maximum atomic E-state index is 14.0. The van der Waals surface area contributed by atoms with Crippen LogP contribution in [-0.4, -0.2) is 73.6 Å². The zero-order valence-electron chi connectivity index (χ0n) is 14.8. The van der Waals surface area contributed by atoms with Gasteiger partial charge in [0.15, 0.2) is 0 Å². The van der Waals surface area contributed by atoms with Crippen LogP contribution < -0.4 is 5.32 Å². The lowest BCUT2D eigenvalue weighted by atomic mass is 9.90. The van der Waals surface area contributed by atoms with Gasteiger partial charge in [0.05, 0.1) is 10.6 Å². The lowest BCUT2D eigenvalue weighted by Crippen LogP contribution is -2.59. The van der Waals surface area contributed by atoms with Crippen LogP contribution in [0.1, 0.15) is 23.2 Å². The molecule has 1 N–H and O–H groups in total. The van der Waals surface area contributed by atoms with E-state index in [1.807, 2.05) is 0 Å². The zero-order valence-corrected chi connectivity index (χ0v) is 15.5. The van der Waals surface area contributed by atoms with Gasteiger partial charge in [0, 0.05) is 33.3 Å². The Kier molecular flexibility index (Phi) is 5.79. The van der Waals surface area contributed by atoms with E-state index in [1.54, 1.807) is 12.0 Å². The first-order valence-corrected chi connectivity index (χ1v) is 9.15. The summed E-state index contributed by atoms with van der Waals surface area (Å²) in [6, 6.07) is 4.18. The molecule has 0 unspecified atom stereocenters. The minimum Gasteiger partial charge on any atom is -0.368 e. The highest BCUT2D eigenvalue weighted by molar-refractivity contribution is 6.33. The largest absolute Gasteiger partial charge is 0.368 e. The van der Waals surface area contributed by atoms with Crippen molar-refractivity contribution in [2.45, 2.75) is 18.4 Å². The van der Waals surface area contributed by atoms with Gasteiger partial charge in [-0.25, -0.2) is 4.39 Å². The summed E-state index contributed by atoms with van der Waals surface area (Å²) in [6.45, 7) is 2.96. The van der Waals surface area contributed by atoms with Crippen LogP contribution in [0.5, 0.6) is 0 Å². The van der Waals surface area contributed by atoms with Gasteiger partial charge in [0.25, 0.3) is 11.8 Å². The summed E-state index contributed by atoms with van der Waals surface area (Å²) in [4.78, 5) is 28.8. The first kappa shape index (κ1) is 19.1. The Balaban J connectivity index is 1.65. The minimum atomic E-state index is -0.785. The Morgan fingerprint density at radius 1 is 1.15 bits per heavy atom. The summed E-state index contributed by atoms with van der Waals surface area (Å²) in [5.74, 6) is -1.10. The van der Waals surface area contributed by atoms with E-state index >= 15 is 0 Å². The van der Waals surface area contributed by atoms with Gasteiger partial charge >= 0.3 is 0 Å². The smallest absolute Gasteiger partial charge is 0.258 e. The van der Waals surface area contributed by atoms with Crippen molar-refractivity contribution in [3.05, 3.63) is 34.6 Å². The van der Waals surface area contributed by atoms with Gasteiger partial charge in [-0.2, -0.15) is 0 Å². The van der Waals surface area contributed by atoms with Crippen molar-refractivity contribution >= 4 is 23.4 Å². The van der Waals surface area contributed by atoms with Crippen molar-refractivity contribution in [1.29, 1.82) is 0 Å². The molecule has 2 aliphatic rings. The van der Waals surface area contributed by atoms with Crippen LogP contribution in [0.3, 0.4) is 0 Å². The van der Waals surface area contributed by atoms with Crippen LogP contribution in [-0.2, 0) is 9.53 Å². The third kappa shape index (κ3) is 3.56. The van der Waals surface area contributed by atoms with E-state index in [9.17, 15) is 14.0 Å². The van der Waals surface area contributed by atoms with Gasteiger partial charge in [-0.15, -0.1) is 0 Å². The molecule has 0 bridgehead atoms. The number of carbonyl (C=O) groups excluding carboxylic acids is 2. The number of hydrogen-bond acceptors (Lipinski definition) is 4. The summed E-state index contributed by atoms with van der Waals surface area (Å²) >= 11 is 5.99. The zero-order chi connectivity index (χ0) is 18.7. The van der Waals surface area contributed by atoms with Crippen LogP contribution in [0, 0.1) is 5.82 Å². The second-order valence-electron chi connectivity index (χ2n) is 6.63. The van der Waals surface area contributed by atoms with E-state index in [0.29, 0.717) is 39.0 Å². The Hall–Kier alpha value is -1.70. The van der Waals surface area contributed by atoms with E-state index in [4.69, 9.17) is 16.3 Å². The monoisotopic (exact) mass is 383 g/mol. The Morgan fingerprint density at radius 2 is 1.77 bits per heavy atom. The molecule has 0 radical (unpaired) electrons. The van der Waals surface area contributed by atoms with Gasteiger partial charge in [-0.3, -0.25) is 9.59 Å². The summed E-state index contributed by atoms with van der Waals surface area (Å²) in [6.07, 6.45) is 1.26. The van der Waals surface area contributed by atoms with Crippen LogP contribution in [0.25, 0.3) is 0 Å². The number of rotatable bonds is 3. The van der Waals surface area contributed by atoms with E-state index in [2.05, 4.69) is 5.32 Å². The highest BCUT2D eigenvalue weighted by atomic mass is 35.5. The topological polar surface area (TPSA) is 61.9 Å². The number of benzene rings is 1. The van der Waals surface area contributed by atoms with Crippen LogP contribution in [0.15, 0.2) is 18.2 Å². The molecule has 26 heavy (non-hydrogen) atoms. The number of ether oxygens (including phenoxy) is 1. The maximum absolute atomic E-state index is 14.0. The number of piperazine rings is 1. The SMILES string of the molecule is COC1(C(=O)N2CCN(C(=O)c3c(F)cccc3Cl)CC2)CCNCC1. The normalized spacial score (nSPS) is 20.1. The van der Waals surface area contributed by atoms with E-state index < -0.39 is 17.3 Å². The minimum absolute atomic E-state index is 0.0301.